The molecule has 3 unspecified atom stereocenters. The molecule has 198 valence electrons. The average molecular weight is 523 g/mol. The molecule has 2 fully saturated rings. The second-order valence-corrected chi connectivity index (χ2v) is 11.5. The zero-order valence-electron chi connectivity index (χ0n) is 20.5. The normalized spacial score (nSPS) is 23.5. The Labute approximate surface area is 211 Å². The lowest BCUT2D eigenvalue weighted by Crippen LogP contribution is -2.51. The predicted octanol–water partition coefficient (Wildman–Crippen LogP) is 2.39. The van der Waals surface area contributed by atoms with E-state index in [2.05, 4.69) is 5.32 Å². The molecule has 1 aromatic heterocycles. The van der Waals surface area contributed by atoms with Crippen LogP contribution in [0.3, 0.4) is 0 Å². The fraction of sp³-hybridized carbons (Fsp3) is 0.560. The van der Waals surface area contributed by atoms with E-state index >= 15 is 0 Å². The number of nitrogens with one attached hydrogen (secondary N) is 1. The lowest BCUT2D eigenvalue weighted by Gasteiger charge is -2.30. The summed E-state index contributed by atoms with van der Waals surface area (Å²) >= 11 is 0. The lowest BCUT2D eigenvalue weighted by atomic mass is 10.0. The first-order valence-corrected chi connectivity index (χ1v) is 13.6. The number of ether oxygens (including phenoxy) is 3. The maximum Gasteiger partial charge on any atom is 0.407 e. The van der Waals surface area contributed by atoms with E-state index in [1.807, 2.05) is 44.2 Å². The summed E-state index contributed by atoms with van der Waals surface area (Å²) in [5.41, 5.74) is 0.875. The molecule has 2 aromatic rings. The quantitative estimate of drug-likeness (QED) is 0.461. The van der Waals surface area contributed by atoms with Crippen molar-refractivity contribution < 1.29 is 36.9 Å². The van der Waals surface area contributed by atoms with Crippen LogP contribution in [0.4, 0.5) is 4.79 Å². The van der Waals surface area contributed by atoms with Gasteiger partial charge in [0.15, 0.2) is 6.29 Å². The van der Waals surface area contributed by atoms with Crippen molar-refractivity contribution >= 4 is 16.1 Å². The Hall–Kier alpha value is -2.44. The molecule has 2 aliphatic rings. The Morgan fingerprint density at radius 1 is 1.17 bits per heavy atom. The highest BCUT2D eigenvalue weighted by atomic mass is 32.2. The minimum atomic E-state index is -3.98. The van der Waals surface area contributed by atoms with Gasteiger partial charge in [-0.05, 0) is 36.5 Å². The minimum absolute atomic E-state index is 0.00335. The molecule has 0 radical (unpaired) electrons. The number of nitrogens with zero attached hydrogens (tertiary/aromatic N) is 1. The molecule has 36 heavy (non-hydrogen) atoms. The smallest absolute Gasteiger partial charge is 0.407 e. The average Bonchev–Trinajstić information content (AvgIpc) is 3.59. The summed E-state index contributed by atoms with van der Waals surface area (Å²) in [5, 5.41) is 13.8. The fourth-order valence-electron chi connectivity index (χ4n) is 4.57. The summed E-state index contributed by atoms with van der Waals surface area (Å²) in [6.45, 7) is 4.52. The monoisotopic (exact) mass is 522 g/mol. The van der Waals surface area contributed by atoms with Gasteiger partial charge in [-0.2, -0.15) is 4.31 Å². The maximum atomic E-state index is 13.2. The third-order valence-corrected chi connectivity index (χ3v) is 8.08. The second kappa shape index (κ2) is 11.7. The van der Waals surface area contributed by atoms with Crippen molar-refractivity contribution in [3.8, 4) is 0 Å². The van der Waals surface area contributed by atoms with Crippen LogP contribution in [-0.2, 0) is 30.7 Å². The van der Waals surface area contributed by atoms with Gasteiger partial charge >= 0.3 is 6.09 Å². The standard InChI is InChI=1S/C25H34N2O8S/c1-17(2)14-27(36(30,31)23-9-6-11-32-23)15-21(28)20(13-18-7-4-3-5-8-18)26-25(29)35-22-16-34-24-19(22)10-12-33-24/h3-9,11,17,19-22,24,28H,10,12-16H2,1-2H3,(H,26,29)/t19?,20-,21+,22?,24?/m0/s1. The fourth-order valence-corrected chi connectivity index (χ4v) is 6.10. The van der Waals surface area contributed by atoms with Gasteiger partial charge in [0.25, 0.3) is 10.0 Å². The van der Waals surface area contributed by atoms with Crippen molar-refractivity contribution in [3.63, 3.8) is 0 Å². The van der Waals surface area contributed by atoms with Crippen molar-refractivity contribution in [2.45, 2.75) is 56.3 Å². The highest BCUT2D eigenvalue weighted by molar-refractivity contribution is 7.89. The third-order valence-electron chi connectivity index (χ3n) is 6.36. The number of amides is 1. The number of hydrogen-bond donors (Lipinski definition) is 2. The second-order valence-electron chi connectivity index (χ2n) is 9.62. The molecule has 0 bridgehead atoms. The predicted molar refractivity (Wildman–Crippen MR) is 129 cm³/mol. The Balaban J connectivity index is 1.48. The number of carbonyl (C=O) groups is 1. The highest BCUT2D eigenvalue weighted by Crippen LogP contribution is 2.33. The van der Waals surface area contributed by atoms with Gasteiger partial charge in [-0.3, -0.25) is 0 Å². The summed E-state index contributed by atoms with van der Waals surface area (Å²) in [6.07, 6.45) is -0.394. The van der Waals surface area contributed by atoms with Crippen molar-refractivity contribution in [2.75, 3.05) is 26.3 Å². The van der Waals surface area contributed by atoms with Gasteiger partial charge in [-0.15, -0.1) is 0 Å². The molecule has 2 saturated heterocycles. The highest BCUT2D eigenvalue weighted by Gasteiger charge is 2.44. The summed E-state index contributed by atoms with van der Waals surface area (Å²) < 4.78 is 49.4. The summed E-state index contributed by atoms with van der Waals surface area (Å²) in [5.74, 6) is -0.0235. The van der Waals surface area contributed by atoms with Crippen LogP contribution in [0, 0.1) is 11.8 Å². The number of fused-ring (bicyclic) bond motifs is 1. The summed E-state index contributed by atoms with van der Waals surface area (Å²) in [4.78, 5) is 12.9. The molecule has 2 N–H and O–H groups in total. The number of benzene rings is 1. The minimum Gasteiger partial charge on any atom is -0.452 e. The number of aliphatic hydroxyl groups is 1. The van der Waals surface area contributed by atoms with Crippen molar-refractivity contribution in [1.29, 1.82) is 0 Å². The number of rotatable bonds is 11. The zero-order valence-corrected chi connectivity index (χ0v) is 21.3. The molecule has 3 heterocycles. The molecular formula is C25H34N2O8S. The largest absolute Gasteiger partial charge is 0.452 e. The van der Waals surface area contributed by atoms with E-state index in [4.69, 9.17) is 18.6 Å². The molecule has 2 aliphatic heterocycles. The first-order chi connectivity index (χ1) is 17.2. The van der Waals surface area contributed by atoms with Crippen LogP contribution in [0.15, 0.2) is 58.2 Å². The number of sulfonamides is 1. The van der Waals surface area contributed by atoms with Gasteiger partial charge in [0.05, 0.1) is 37.5 Å². The SMILES string of the molecule is CC(C)CN(C[C@@H](O)[C@H](Cc1ccccc1)NC(=O)OC1COC2OCCC12)S(=O)(=O)c1ccco1. The summed E-state index contributed by atoms with van der Waals surface area (Å²) in [6, 6.07) is 11.4. The van der Waals surface area contributed by atoms with Gasteiger partial charge in [-0.1, -0.05) is 44.2 Å². The Morgan fingerprint density at radius 3 is 2.64 bits per heavy atom. The molecule has 1 aromatic carbocycles. The van der Waals surface area contributed by atoms with Gasteiger partial charge in [0.1, 0.15) is 6.10 Å². The molecule has 11 heteroatoms. The van der Waals surface area contributed by atoms with Crippen molar-refractivity contribution in [2.24, 2.45) is 11.8 Å². The molecule has 0 aliphatic carbocycles. The van der Waals surface area contributed by atoms with Gasteiger partial charge < -0.3 is 29.1 Å². The van der Waals surface area contributed by atoms with E-state index < -0.39 is 34.4 Å². The third kappa shape index (κ3) is 6.46. The van der Waals surface area contributed by atoms with Crippen LogP contribution < -0.4 is 5.32 Å². The molecule has 4 rings (SSSR count). The molecular weight excluding hydrogens is 488 g/mol. The van der Waals surface area contributed by atoms with Crippen molar-refractivity contribution in [3.05, 3.63) is 54.3 Å². The molecule has 5 atom stereocenters. The Bertz CT molecular complexity index is 1080. The molecule has 1 amide bonds. The van der Waals surface area contributed by atoms with Gasteiger partial charge in [0.2, 0.25) is 5.09 Å². The Morgan fingerprint density at radius 2 is 1.94 bits per heavy atom. The Kier molecular flexibility index (Phi) is 8.68. The van der Waals surface area contributed by atoms with E-state index in [0.717, 1.165) is 12.0 Å². The van der Waals surface area contributed by atoms with Crippen LogP contribution in [0.1, 0.15) is 25.8 Å². The zero-order chi connectivity index (χ0) is 25.7. The lowest BCUT2D eigenvalue weighted by molar-refractivity contribution is -0.0907. The van der Waals surface area contributed by atoms with Crippen molar-refractivity contribution in [1.82, 2.24) is 9.62 Å². The number of aliphatic hydroxyl groups excluding tert-OH is 1. The topological polar surface area (TPSA) is 128 Å². The number of furan rings is 1. The van der Waals surface area contributed by atoms with E-state index in [-0.39, 0.29) is 49.3 Å². The first kappa shape index (κ1) is 26.6. The first-order valence-electron chi connectivity index (χ1n) is 12.2. The van der Waals surface area contributed by atoms with Crippen LogP contribution in [0.5, 0.6) is 0 Å². The van der Waals surface area contributed by atoms with Crippen LogP contribution in [0.25, 0.3) is 0 Å². The number of carbonyl (C=O) groups excluding carboxylic acids is 1. The molecule has 0 spiro atoms. The van der Waals surface area contributed by atoms with Gasteiger partial charge in [-0.25, -0.2) is 13.2 Å². The maximum absolute atomic E-state index is 13.2. The number of hydrogen-bond acceptors (Lipinski definition) is 8. The molecule has 10 nitrogen and oxygen atoms in total. The van der Waals surface area contributed by atoms with E-state index in [9.17, 15) is 18.3 Å². The van der Waals surface area contributed by atoms with Crippen LogP contribution in [-0.4, -0.2) is 74.8 Å². The number of alkyl carbamates (subject to hydrolysis) is 1. The van der Waals surface area contributed by atoms with E-state index in [0.29, 0.717) is 6.61 Å². The molecule has 0 saturated carbocycles. The van der Waals surface area contributed by atoms with Crippen LogP contribution >= 0.6 is 0 Å². The summed E-state index contributed by atoms with van der Waals surface area (Å²) in [7, 11) is -3.98. The van der Waals surface area contributed by atoms with Crippen LogP contribution in [0.2, 0.25) is 0 Å². The van der Waals surface area contributed by atoms with E-state index in [1.54, 1.807) is 0 Å². The van der Waals surface area contributed by atoms with Gasteiger partial charge in [0, 0.05) is 13.1 Å². The van der Waals surface area contributed by atoms with E-state index in [1.165, 1.54) is 22.7 Å².